The number of hydrogen-bond donors (Lipinski definition) is 1. The summed E-state index contributed by atoms with van der Waals surface area (Å²) < 4.78 is 5.31. The van der Waals surface area contributed by atoms with E-state index in [4.69, 9.17) is 4.74 Å². The molecule has 1 fully saturated rings. The Morgan fingerprint density at radius 2 is 2.12 bits per heavy atom. The van der Waals surface area contributed by atoms with Gasteiger partial charge in [-0.3, -0.25) is 4.79 Å². The lowest BCUT2D eigenvalue weighted by molar-refractivity contribution is 0.0376. The number of aryl methyl sites for hydroxylation is 1. The number of H-pyrrole nitrogens is 1. The second-order valence-electron chi connectivity index (χ2n) is 6.79. The van der Waals surface area contributed by atoms with Crippen LogP contribution in [0.25, 0.3) is 0 Å². The van der Waals surface area contributed by atoms with Crippen LogP contribution < -0.4 is 0 Å². The molecule has 0 saturated carbocycles. The zero-order chi connectivity index (χ0) is 18.1. The summed E-state index contributed by atoms with van der Waals surface area (Å²) in [6, 6.07) is 2.20. The summed E-state index contributed by atoms with van der Waals surface area (Å²) >= 11 is 1.65. The number of aromatic nitrogens is 1. The fourth-order valence-corrected chi connectivity index (χ4v) is 4.21. The van der Waals surface area contributed by atoms with Gasteiger partial charge in [-0.1, -0.05) is 0 Å². The van der Waals surface area contributed by atoms with Crippen LogP contribution >= 0.6 is 11.3 Å². The minimum absolute atomic E-state index is 0.0436. The smallest absolute Gasteiger partial charge is 0.340 e. The largest absolute Gasteiger partial charge is 0.459 e. The number of likely N-dealkylation sites (tertiary alicyclic amines) is 1. The van der Waals surface area contributed by atoms with Crippen LogP contribution in [-0.4, -0.2) is 34.4 Å². The number of esters is 1. The molecule has 2 aromatic rings. The van der Waals surface area contributed by atoms with Crippen molar-refractivity contribution in [2.24, 2.45) is 0 Å². The highest BCUT2D eigenvalue weighted by atomic mass is 32.1. The first-order chi connectivity index (χ1) is 11.9. The number of ether oxygens (including phenoxy) is 1. The van der Waals surface area contributed by atoms with Gasteiger partial charge in [-0.25, -0.2) is 4.79 Å². The Morgan fingerprint density at radius 3 is 2.76 bits per heavy atom. The van der Waals surface area contributed by atoms with Gasteiger partial charge < -0.3 is 14.6 Å². The fraction of sp³-hybridized carbons (Fsp3) is 0.474. The van der Waals surface area contributed by atoms with Gasteiger partial charge in [0.1, 0.15) is 5.69 Å². The molecule has 1 N–H and O–H groups in total. The van der Waals surface area contributed by atoms with Crippen molar-refractivity contribution >= 4 is 23.2 Å². The molecular weight excluding hydrogens is 336 g/mol. The van der Waals surface area contributed by atoms with Crippen LogP contribution in [0.1, 0.15) is 70.4 Å². The molecule has 5 nitrogen and oxygen atoms in total. The maximum absolute atomic E-state index is 13.1. The van der Waals surface area contributed by atoms with Crippen LogP contribution in [0.2, 0.25) is 0 Å². The van der Waals surface area contributed by atoms with E-state index in [1.54, 1.807) is 18.3 Å². The van der Waals surface area contributed by atoms with Crippen molar-refractivity contribution in [1.29, 1.82) is 0 Å². The van der Waals surface area contributed by atoms with Gasteiger partial charge in [0.25, 0.3) is 5.91 Å². The summed E-state index contributed by atoms with van der Waals surface area (Å²) in [5.41, 5.74) is 3.51. The highest BCUT2D eigenvalue weighted by Gasteiger charge is 2.33. The standard InChI is InChI=1S/C19H24N2O3S/c1-11(2)24-19(23)16-12(3)17(20-13(16)4)18(22)21-8-5-6-15(21)14-7-9-25-10-14/h7,9-11,15,20H,5-6,8H2,1-4H3/t15-/m0/s1. The number of rotatable bonds is 4. The molecule has 2 aromatic heterocycles. The van der Waals surface area contributed by atoms with Gasteiger partial charge in [0, 0.05) is 12.2 Å². The van der Waals surface area contributed by atoms with Crippen molar-refractivity contribution in [3.8, 4) is 0 Å². The van der Waals surface area contributed by atoms with Crippen LogP contribution in [0.3, 0.4) is 0 Å². The first kappa shape index (κ1) is 17.7. The van der Waals surface area contributed by atoms with Crippen molar-refractivity contribution in [2.45, 2.75) is 52.7 Å². The molecule has 1 aliphatic rings. The third-order valence-electron chi connectivity index (χ3n) is 4.64. The number of aromatic amines is 1. The lowest BCUT2D eigenvalue weighted by Gasteiger charge is -2.24. The molecule has 0 radical (unpaired) electrons. The normalized spacial score (nSPS) is 17.3. The molecule has 1 amide bonds. The van der Waals surface area contributed by atoms with Crippen LogP contribution in [0.5, 0.6) is 0 Å². The number of amides is 1. The molecule has 3 heterocycles. The third kappa shape index (κ3) is 3.35. The van der Waals surface area contributed by atoms with Crippen LogP contribution in [0.15, 0.2) is 16.8 Å². The van der Waals surface area contributed by atoms with E-state index in [0.717, 1.165) is 19.4 Å². The summed E-state index contributed by atoms with van der Waals surface area (Å²) in [4.78, 5) is 30.5. The molecule has 0 aliphatic carbocycles. The van der Waals surface area contributed by atoms with Gasteiger partial charge in [-0.05, 0) is 68.5 Å². The summed E-state index contributed by atoms with van der Waals surface area (Å²) in [6.07, 6.45) is 1.78. The van der Waals surface area contributed by atoms with Gasteiger partial charge >= 0.3 is 5.97 Å². The van der Waals surface area contributed by atoms with E-state index < -0.39 is 0 Å². The molecule has 6 heteroatoms. The van der Waals surface area contributed by atoms with Crippen molar-refractivity contribution in [3.05, 3.63) is 44.9 Å². The van der Waals surface area contributed by atoms with E-state index >= 15 is 0 Å². The van der Waals surface area contributed by atoms with E-state index in [2.05, 4.69) is 16.4 Å². The lowest BCUT2D eigenvalue weighted by Crippen LogP contribution is -2.31. The van der Waals surface area contributed by atoms with Crippen LogP contribution in [0.4, 0.5) is 0 Å². The second kappa shape index (κ2) is 7.04. The minimum Gasteiger partial charge on any atom is -0.459 e. The highest BCUT2D eigenvalue weighted by Crippen LogP contribution is 2.35. The third-order valence-corrected chi connectivity index (χ3v) is 5.34. The number of carbonyl (C=O) groups is 2. The predicted molar refractivity (Wildman–Crippen MR) is 98.1 cm³/mol. The van der Waals surface area contributed by atoms with E-state index in [0.29, 0.717) is 22.5 Å². The Hall–Kier alpha value is -2.08. The first-order valence-electron chi connectivity index (χ1n) is 8.63. The number of nitrogens with one attached hydrogen (secondary N) is 1. The quantitative estimate of drug-likeness (QED) is 0.830. The predicted octanol–water partition coefficient (Wildman–Crippen LogP) is 4.24. The van der Waals surface area contributed by atoms with E-state index in [9.17, 15) is 9.59 Å². The lowest BCUT2D eigenvalue weighted by atomic mass is 10.1. The average Bonchev–Trinajstić information content (AvgIpc) is 3.24. The van der Waals surface area contributed by atoms with Crippen molar-refractivity contribution in [1.82, 2.24) is 9.88 Å². The highest BCUT2D eigenvalue weighted by molar-refractivity contribution is 7.08. The second-order valence-corrected chi connectivity index (χ2v) is 7.57. The van der Waals surface area contributed by atoms with E-state index in [1.165, 1.54) is 5.56 Å². The topological polar surface area (TPSA) is 62.4 Å². The summed E-state index contributed by atoms with van der Waals surface area (Å²) in [6.45, 7) is 7.99. The SMILES string of the molecule is Cc1[nH]c(C(=O)N2CCC[C@H]2c2ccsc2)c(C)c1C(=O)OC(C)C. The number of nitrogens with zero attached hydrogens (tertiary/aromatic N) is 1. The van der Waals surface area contributed by atoms with Gasteiger partial charge in [0.15, 0.2) is 0 Å². The molecule has 0 aromatic carbocycles. The Bertz CT molecular complexity index is 777. The zero-order valence-electron chi connectivity index (χ0n) is 15.1. The summed E-state index contributed by atoms with van der Waals surface area (Å²) in [5.74, 6) is -0.422. The molecule has 1 aliphatic heterocycles. The summed E-state index contributed by atoms with van der Waals surface area (Å²) in [7, 11) is 0. The average molecular weight is 360 g/mol. The monoisotopic (exact) mass is 360 g/mol. The molecule has 0 spiro atoms. The number of thiophene rings is 1. The molecule has 1 saturated heterocycles. The number of hydrogen-bond acceptors (Lipinski definition) is 4. The number of carbonyl (C=O) groups excluding carboxylic acids is 2. The van der Waals surface area contributed by atoms with Crippen LogP contribution in [0, 0.1) is 13.8 Å². The van der Waals surface area contributed by atoms with Gasteiger partial charge in [0.2, 0.25) is 0 Å². The molecular formula is C19H24N2O3S. The van der Waals surface area contributed by atoms with E-state index in [1.807, 2.05) is 31.1 Å². The maximum atomic E-state index is 13.1. The molecule has 0 unspecified atom stereocenters. The molecule has 134 valence electrons. The molecule has 1 atom stereocenters. The Morgan fingerprint density at radius 1 is 1.36 bits per heavy atom. The van der Waals surface area contributed by atoms with Crippen molar-refractivity contribution in [2.75, 3.05) is 6.54 Å². The fourth-order valence-electron chi connectivity index (χ4n) is 3.51. The van der Waals surface area contributed by atoms with E-state index in [-0.39, 0.29) is 24.0 Å². The maximum Gasteiger partial charge on any atom is 0.340 e. The first-order valence-corrected chi connectivity index (χ1v) is 9.57. The minimum atomic E-state index is -0.379. The Labute approximate surface area is 152 Å². The van der Waals surface area contributed by atoms with Gasteiger partial charge in [0.05, 0.1) is 17.7 Å². The Kier molecular flexibility index (Phi) is 4.99. The summed E-state index contributed by atoms with van der Waals surface area (Å²) in [5, 5.41) is 4.15. The van der Waals surface area contributed by atoms with Crippen LogP contribution in [-0.2, 0) is 4.74 Å². The molecule has 0 bridgehead atoms. The Balaban J connectivity index is 1.89. The van der Waals surface area contributed by atoms with Crippen molar-refractivity contribution < 1.29 is 14.3 Å². The zero-order valence-corrected chi connectivity index (χ0v) is 15.9. The van der Waals surface area contributed by atoms with Gasteiger partial charge in [-0.15, -0.1) is 0 Å². The van der Waals surface area contributed by atoms with Crippen molar-refractivity contribution in [3.63, 3.8) is 0 Å². The van der Waals surface area contributed by atoms with Gasteiger partial charge in [-0.2, -0.15) is 11.3 Å². The molecule has 3 rings (SSSR count). The molecule has 25 heavy (non-hydrogen) atoms.